The number of aromatic nitrogens is 1. The summed E-state index contributed by atoms with van der Waals surface area (Å²) in [5.41, 5.74) is 5.84. The highest BCUT2D eigenvalue weighted by Crippen LogP contribution is 2.17. The van der Waals surface area contributed by atoms with Crippen molar-refractivity contribution in [2.45, 2.75) is 26.6 Å². The molecule has 1 aromatic carbocycles. The summed E-state index contributed by atoms with van der Waals surface area (Å²) in [6, 6.07) is 8.62. The number of nitrogens with zero attached hydrogens (tertiary/aromatic N) is 2. The molecule has 0 atom stereocenters. The first-order chi connectivity index (χ1) is 9.20. The minimum absolute atomic E-state index is 0.920. The van der Waals surface area contributed by atoms with Gasteiger partial charge in [-0.15, -0.1) is 11.3 Å². The van der Waals surface area contributed by atoms with Crippen LogP contribution in [0.3, 0.4) is 0 Å². The average Bonchev–Trinajstić information content (AvgIpc) is 2.78. The van der Waals surface area contributed by atoms with E-state index in [9.17, 15) is 0 Å². The number of benzene rings is 1. The van der Waals surface area contributed by atoms with E-state index in [1.165, 1.54) is 16.0 Å². The Morgan fingerprint density at radius 3 is 2.58 bits per heavy atom. The Bertz CT molecular complexity index is 522. The van der Waals surface area contributed by atoms with Gasteiger partial charge >= 0.3 is 0 Å². The topological polar surface area (TPSA) is 28.2 Å². The molecule has 1 heterocycles. The quantitative estimate of drug-likeness (QED) is 0.878. The molecule has 0 aliphatic rings. The van der Waals surface area contributed by atoms with Crippen molar-refractivity contribution in [3.8, 4) is 0 Å². The number of nitrogens with one attached hydrogen (secondary N) is 1. The van der Waals surface area contributed by atoms with Gasteiger partial charge in [0.25, 0.3) is 0 Å². The third-order valence-electron chi connectivity index (χ3n) is 3.18. The van der Waals surface area contributed by atoms with Crippen molar-refractivity contribution < 1.29 is 0 Å². The Hall–Kier alpha value is -1.23. The Kier molecular flexibility index (Phi) is 5.07. The van der Waals surface area contributed by atoms with Crippen molar-refractivity contribution in [3.63, 3.8) is 0 Å². The lowest BCUT2D eigenvalue weighted by atomic mass is 10.1. The third-order valence-corrected chi connectivity index (χ3v) is 4.10. The molecule has 0 fully saturated rings. The largest absolute Gasteiger partial charge is 0.316 e. The highest BCUT2D eigenvalue weighted by molar-refractivity contribution is 7.09. The van der Waals surface area contributed by atoms with Gasteiger partial charge in [0, 0.05) is 24.5 Å². The first kappa shape index (κ1) is 14.2. The molecule has 102 valence electrons. The van der Waals surface area contributed by atoms with Crippen molar-refractivity contribution in [1.29, 1.82) is 0 Å². The highest BCUT2D eigenvalue weighted by Gasteiger charge is 2.08. The van der Waals surface area contributed by atoms with E-state index in [0.717, 1.165) is 25.3 Å². The minimum atomic E-state index is 0.920. The minimum Gasteiger partial charge on any atom is -0.316 e. The van der Waals surface area contributed by atoms with Gasteiger partial charge in [-0.25, -0.2) is 4.98 Å². The number of aryl methyl sites for hydroxylation is 1. The smallest absolute Gasteiger partial charge is 0.0798 e. The predicted octanol–water partition coefficient (Wildman–Crippen LogP) is 2.80. The maximum atomic E-state index is 4.31. The van der Waals surface area contributed by atoms with Crippen LogP contribution in [0.25, 0.3) is 0 Å². The van der Waals surface area contributed by atoms with E-state index in [-0.39, 0.29) is 0 Å². The molecule has 1 aromatic heterocycles. The lowest BCUT2D eigenvalue weighted by Gasteiger charge is -2.18. The second-order valence-corrected chi connectivity index (χ2v) is 5.77. The zero-order chi connectivity index (χ0) is 13.7. The number of hydrogen-bond acceptors (Lipinski definition) is 4. The maximum Gasteiger partial charge on any atom is 0.0798 e. The molecule has 2 rings (SSSR count). The Morgan fingerprint density at radius 2 is 1.95 bits per heavy atom. The van der Waals surface area contributed by atoms with Crippen LogP contribution in [-0.4, -0.2) is 24.0 Å². The summed E-state index contributed by atoms with van der Waals surface area (Å²) in [5.74, 6) is 0. The SMILES string of the molecule is CNCc1ccccc1CN(C)Cc1scnc1C. The second kappa shape index (κ2) is 6.80. The highest BCUT2D eigenvalue weighted by atomic mass is 32.1. The van der Waals surface area contributed by atoms with Crippen LogP contribution in [0.4, 0.5) is 0 Å². The summed E-state index contributed by atoms with van der Waals surface area (Å²) >= 11 is 1.74. The first-order valence-electron chi connectivity index (χ1n) is 6.49. The summed E-state index contributed by atoms with van der Waals surface area (Å²) in [6.45, 7) is 4.93. The maximum absolute atomic E-state index is 4.31. The van der Waals surface area contributed by atoms with Gasteiger partial charge in [-0.1, -0.05) is 24.3 Å². The van der Waals surface area contributed by atoms with Gasteiger partial charge in [-0.3, -0.25) is 4.90 Å². The molecule has 0 amide bonds. The number of thiazole rings is 1. The first-order valence-corrected chi connectivity index (χ1v) is 7.37. The molecule has 0 spiro atoms. The van der Waals surface area contributed by atoms with Crippen molar-refractivity contribution in [3.05, 3.63) is 51.5 Å². The molecular formula is C15H21N3S. The molecule has 0 aliphatic carbocycles. The van der Waals surface area contributed by atoms with Crippen molar-refractivity contribution >= 4 is 11.3 Å². The molecule has 0 aliphatic heterocycles. The fourth-order valence-electron chi connectivity index (χ4n) is 2.14. The lowest BCUT2D eigenvalue weighted by molar-refractivity contribution is 0.320. The van der Waals surface area contributed by atoms with Crippen LogP contribution in [0.15, 0.2) is 29.8 Å². The van der Waals surface area contributed by atoms with Gasteiger partial charge in [0.05, 0.1) is 11.2 Å². The monoisotopic (exact) mass is 275 g/mol. The van der Waals surface area contributed by atoms with Crippen molar-refractivity contribution in [1.82, 2.24) is 15.2 Å². The average molecular weight is 275 g/mol. The van der Waals surface area contributed by atoms with Crippen LogP contribution in [0.2, 0.25) is 0 Å². The van der Waals surface area contributed by atoms with Crippen LogP contribution >= 0.6 is 11.3 Å². The fourth-order valence-corrected chi connectivity index (χ4v) is 3.00. The van der Waals surface area contributed by atoms with Crippen LogP contribution < -0.4 is 5.32 Å². The van der Waals surface area contributed by atoms with Gasteiger partial charge < -0.3 is 5.32 Å². The van der Waals surface area contributed by atoms with E-state index in [1.54, 1.807) is 11.3 Å². The van der Waals surface area contributed by atoms with E-state index >= 15 is 0 Å². The van der Waals surface area contributed by atoms with Crippen LogP contribution in [-0.2, 0) is 19.6 Å². The number of hydrogen-bond donors (Lipinski definition) is 1. The summed E-state index contributed by atoms with van der Waals surface area (Å²) in [5, 5.41) is 3.23. The number of rotatable bonds is 6. The molecule has 0 saturated heterocycles. The standard InChI is InChI=1S/C15H21N3S/c1-12-15(19-11-17-12)10-18(3)9-14-7-5-4-6-13(14)8-16-2/h4-7,11,16H,8-10H2,1-3H3. The Morgan fingerprint density at radius 1 is 1.21 bits per heavy atom. The molecule has 3 nitrogen and oxygen atoms in total. The molecule has 0 bridgehead atoms. The van der Waals surface area contributed by atoms with Gasteiger partial charge in [0.15, 0.2) is 0 Å². The predicted molar refractivity (Wildman–Crippen MR) is 81.2 cm³/mol. The molecule has 19 heavy (non-hydrogen) atoms. The molecule has 0 saturated carbocycles. The molecule has 1 N–H and O–H groups in total. The zero-order valence-corrected chi connectivity index (χ0v) is 12.6. The summed E-state index contributed by atoms with van der Waals surface area (Å²) < 4.78 is 0. The molecular weight excluding hydrogens is 254 g/mol. The molecule has 0 unspecified atom stereocenters. The van der Waals surface area contributed by atoms with Crippen LogP contribution in [0.5, 0.6) is 0 Å². The van der Waals surface area contributed by atoms with Crippen LogP contribution in [0, 0.1) is 6.92 Å². The van der Waals surface area contributed by atoms with Gasteiger partial charge in [0.2, 0.25) is 0 Å². The Balaban J connectivity index is 2.02. The van der Waals surface area contributed by atoms with Crippen molar-refractivity contribution in [2.75, 3.05) is 14.1 Å². The van der Waals surface area contributed by atoms with Crippen molar-refractivity contribution in [2.24, 2.45) is 0 Å². The third kappa shape index (κ3) is 3.86. The lowest BCUT2D eigenvalue weighted by Crippen LogP contribution is -2.19. The van der Waals surface area contributed by atoms with E-state index in [1.807, 2.05) is 12.6 Å². The van der Waals surface area contributed by atoms with Gasteiger partial charge in [-0.05, 0) is 32.1 Å². The Labute approximate surface area is 119 Å². The summed E-state index contributed by atoms with van der Waals surface area (Å²) in [7, 11) is 4.15. The van der Waals surface area contributed by atoms with E-state index in [2.05, 4.69) is 53.4 Å². The molecule has 2 aromatic rings. The summed E-state index contributed by atoms with van der Waals surface area (Å²) in [6.07, 6.45) is 0. The van der Waals surface area contributed by atoms with Gasteiger partial charge in [0.1, 0.15) is 0 Å². The van der Waals surface area contributed by atoms with Crippen LogP contribution in [0.1, 0.15) is 21.7 Å². The summed E-state index contributed by atoms with van der Waals surface area (Å²) in [4.78, 5) is 8.00. The van der Waals surface area contributed by atoms with E-state index in [4.69, 9.17) is 0 Å². The van der Waals surface area contributed by atoms with E-state index in [0.29, 0.717) is 0 Å². The van der Waals surface area contributed by atoms with Gasteiger partial charge in [-0.2, -0.15) is 0 Å². The fraction of sp³-hybridized carbons (Fsp3) is 0.400. The van der Waals surface area contributed by atoms with E-state index < -0.39 is 0 Å². The molecule has 0 radical (unpaired) electrons. The zero-order valence-electron chi connectivity index (χ0n) is 11.8. The second-order valence-electron chi connectivity index (χ2n) is 4.83. The molecule has 4 heteroatoms. The normalized spacial score (nSPS) is 11.2.